The Balaban J connectivity index is 1.70. The topological polar surface area (TPSA) is 49.4 Å². The highest BCUT2D eigenvalue weighted by molar-refractivity contribution is 9.09. The quantitative estimate of drug-likeness (QED) is 0.637. The molecule has 0 saturated heterocycles. The van der Waals surface area contributed by atoms with Crippen LogP contribution >= 0.6 is 15.9 Å². The predicted octanol–water partition coefficient (Wildman–Crippen LogP) is 4.22. The third-order valence-electron chi connectivity index (χ3n) is 5.55. The van der Waals surface area contributed by atoms with Gasteiger partial charge in [0.2, 0.25) is 11.8 Å². The van der Waals surface area contributed by atoms with Gasteiger partial charge in [0, 0.05) is 12.1 Å². The van der Waals surface area contributed by atoms with Crippen LogP contribution in [0.25, 0.3) is 5.57 Å². The summed E-state index contributed by atoms with van der Waals surface area (Å²) in [6.07, 6.45) is 3.52. The summed E-state index contributed by atoms with van der Waals surface area (Å²) in [6.45, 7) is 0.261. The molecule has 4 rings (SSSR count). The second-order valence-corrected chi connectivity index (χ2v) is 8.16. The lowest BCUT2D eigenvalue weighted by molar-refractivity contribution is -0.137. The third-order valence-corrected chi connectivity index (χ3v) is 6.06. The van der Waals surface area contributed by atoms with Crippen molar-refractivity contribution in [2.45, 2.75) is 24.9 Å². The summed E-state index contributed by atoms with van der Waals surface area (Å²) in [7, 11) is 0. The van der Waals surface area contributed by atoms with E-state index in [2.05, 4.69) is 21.2 Å². The first-order chi connectivity index (χ1) is 14.5. The summed E-state index contributed by atoms with van der Waals surface area (Å²) >= 11 is 3.12. The van der Waals surface area contributed by atoms with Gasteiger partial charge in [0.25, 0.3) is 0 Å². The van der Waals surface area contributed by atoms with Crippen LogP contribution in [0.2, 0.25) is 0 Å². The lowest BCUT2D eigenvalue weighted by Crippen LogP contribution is -2.50. The maximum atomic E-state index is 14.6. The maximum absolute atomic E-state index is 14.6. The van der Waals surface area contributed by atoms with Gasteiger partial charge in [0.15, 0.2) is 0 Å². The first-order valence-electron chi connectivity index (χ1n) is 9.86. The average molecular weight is 475 g/mol. The molecular weight excluding hydrogens is 454 g/mol. The number of halogens is 3. The lowest BCUT2D eigenvalue weighted by Gasteiger charge is -2.31. The number of carbonyl (C=O) groups excluding carboxylic acids is 2. The van der Waals surface area contributed by atoms with Crippen molar-refractivity contribution in [2.24, 2.45) is 5.92 Å². The number of benzene rings is 2. The van der Waals surface area contributed by atoms with Crippen molar-refractivity contribution >= 4 is 33.3 Å². The van der Waals surface area contributed by atoms with E-state index in [0.29, 0.717) is 5.57 Å². The Labute approximate surface area is 182 Å². The van der Waals surface area contributed by atoms with Crippen LogP contribution in [0, 0.1) is 17.6 Å². The number of carbonyl (C=O) groups is 2. The summed E-state index contributed by atoms with van der Waals surface area (Å²) in [5.41, 5.74) is 1.50. The highest BCUT2D eigenvalue weighted by Gasteiger charge is 2.43. The SMILES string of the molecule is O=C(CBr)N[C@H](C(=O)N1CC=C(c2cc(F)ccc2F)[C@@H]1c1ccccc1)C1CC1. The molecule has 1 N–H and O–H groups in total. The predicted molar refractivity (Wildman–Crippen MR) is 114 cm³/mol. The number of nitrogens with one attached hydrogen (secondary N) is 1. The second-order valence-electron chi connectivity index (χ2n) is 7.60. The summed E-state index contributed by atoms with van der Waals surface area (Å²) in [5, 5.41) is 2.93. The number of hydrogen-bond donors (Lipinski definition) is 1. The Bertz CT molecular complexity index is 992. The first-order valence-corrected chi connectivity index (χ1v) is 11.0. The molecule has 2 atom stereocenters. The summed E-state index contributed by atoms with van der Waals surface area (Å²) < 4.78 is 28.5. The fraction of sp³-hybridized carbons (Fsp3) is 0.304. The fourth-order valence-corrected chi connectivity index (χ4v) is 4.13. The molecule has 2 aromatic carbocycles. The molecule has 1 aliphatic carbocycles. The van der Waals surface area contributed by atoms with Crippen molar-refractivity contribution in [3.05, 3.63) is 77.4 Å². The van der Waals surface area contributed by atoms with Gasteiger partial charge in [-0.3, -0.25) is 9.59 Å². The Hall–Kier alpha value is -2.54. The molecule has 2 aliphatic rings. The summed E-state index contributed by atoms with van der Waals surface area (Å²) in [5.74, 6) is -1.43. The molecule has 2 amide bonds. The van der Waals surface area contributed by atoms with Gasteiger partial charge in [0.1, 0.15) is 17.7 Å². The van der Waals surface area contributed by atoms with E-state index < -0.39 is 23.7 Å². The van der Waals surface area contributed by atoms with Crippen molar-refractivity contribution in [1.29, 1.82) is 0 Å². The normalized spacial score (nSPS) is 19.4. The molecule has 1 heterocycles. The Kier molecular flexibility index (Phi) is 5.99. The molecule has 30 heavy (non-hydrogen) atoms. The van der Waals surface area contributed by atoms with Gasteiger partial charge in [-0.15, -0.1) is 0 Å². The zero-order valence-electron chi connectivity index (χ0n) is 16.2. The van der Waals surface area contributed by atoms with Crippen LogP contribution in [-0.4, -0.2) is 34.6 Å². The minimum atomic E-state index is -0.619. The second kappa shape index (κ2) is 8.68. The largest absolute Gasteiger partial charge is 0.343 e. The lowest BCUT2D eigenvalue weighted by atomic mass is 9.93. The van der Waals surface area contributed by atoms with Crippen molar-refractivity contribution < 1.29 is 18.4 Å². The number of nitrogens with zero attached hydrogens (tertiary/aromatic N) is 1. The minimum Gasteiger partial charge on any atom is -0.343 e. The van der Waals surface area contributed by atoms with Gasteiger partial charge in [-0.25, -0.2) is 8.78 Å². The van der Waals surface area contributed by atoms with Crippen LogP contribution in [-0.2, 0) is 9.59 Å². The van der Waals surface area contributed by atoms with E-state index in [0.717, 1.165) is 36.6 Å². The van der Waals surface area contributed by atoms with Crippen molar-refractivity contribution in [1.82, 2.24) is 10.2 Å². The van der Waals surface area contributed by atoms with E-state index in [-0.39, 0.29) is 35.2 Å². The molecule has 0 bridgehead atoms. The van der Waals surface area contributed by atoms with Gasteiger partial charge >= 0.3 is 0 Å². The molecule has 0 radical (unpaired) electrons. The molecule has 1 aliphatic heterocycles. The van der Waals surface area contributed by atoms with Crippen LogP contribution < -0.4 is 5.32 Å². The maximum Gasteiger partial charge on any atom is 0.246 e. The average Bonchev–Trinajstić information content (AvgIpc) is 3.51. The molecule has 156 valence electrons. The van der Waals surface area contributed by atoms with Crippen molar-refractivity contribution in [3.8, 4) is 0 Å². The van der Waals surface area contributed by atoms with Crippen LogP contribution in [0.3, 0.4) is 0 Å². The number of alkyl halides is 1. The molecule has 0 spiro atoms. The molecule has 7 heteroatoms. The number of rotatable bonds is 6. The van der Waals surface area contributed by atoms with Gasteiger partial charge in [-0.1, -0.05) is 52.3 Å². The van der Waals surface area contributed by atoms with Gasteiger partial charge in [-0.05, 0) is 48.1 Å². The molecule has 0 aromatic heterocycles. The van der Waals surface area contributed by atoms with E-state index in [4.69, 9.17) is 0 Å². The zero-order valence-corrected chi connectivity index (χ0v) is 17.7. The zero-order chi connectivity index (χ0) is 21.3. The van der Waals surface area contributed by atoms with Crippen molar-refractivity contribution in [2.75, 3.05) is 11.9 Å². The standard InChI is InChI=1S/C23H21BrF2N2O2/c24-13-20(29)27-21(14-6-7-14)23(30)28-11-10-17(18-12-16(25)8-9-19(18)26)22(28)15-4-2-1-3-5-15/h1-5,8-10,12,14,21-22H,6-7,11,13H2,(H,27,29)/t21-,22-/m0/s1. The third kappa shape index (κ3) is 4.17. The van der Waals surface area contributed by atoms with Crippen LogP contribution in [0.5, 0.6) is 0 Å². The van der Waals surface area contributed by atoms with Crippen LogP contribution in [0.4, 0.5) is 8.78 Å². The molecule has 0 unspecified atom stereocenters. The molecular formula is C23H21BrF2N2O2. The number of hydrogen-bond acceptors (Lipinski definition) is 2. The Morgan fingerprint density at radius 2 is 1.87 bits per heavy atom. The van der Waals surface area contributed by atoms with Crippen LogP contribution in [0.15, 0.2) is 54.6 Å². The number of amides is 2. The van der Waals surface area contributed by atoms with Crippen molar-refractivity contribution in [3.63, 3.8) is 0 Å². The molecule has 2 aromatic rings. The van der Waals surface area contributed by atoms with E-state index in [1.54, 1.807) is 11.0 Å². The highest BCUT2D eigenvalue weighted by atomic mass is 79.9. The smallest absolute Gasteiger partial charge is 0.246 e. The van der Waals surface area contributed by atoms with Crippen LogP contribution in [0.1, 0.15) is 30.0 Å². The van der Waals surface area contributed by atoms with Gasteiger partial charge in [0.05, 0.1) is 11.4 Å². The van der Waals surface area contributed by atoms with E-state index >= 15 is 0 Å². The van der Waals surface area contributed by atoms with E-state index in [9.17, 15) is 18.4 Å². The van der Waals surface area contributed by atoms with Gasteiger partial charge in [-0.2, -0.15) is 0 Å². The summed E-state index contributed by atoms with van der Waals surface area (Å²) in [4.78, 5) is 27.1. The molecule has 1 saturated carbocycles. The first kappa shape index (κ1) is 20.7. The monoisotopic (exact) mass is 474 g/mol. The van der Waals surface area contributed by atoms with E-state index in [1.165, 1.54) is 0 Å². The van der Waals surface area contributed by atoms with Gasteiger partial charge < -0.3 is 10.2 Å². The Morgan fingerprint density at radius 1 is 1.13 bits per heavy atom. The fourth-order valence-electron chi connectivity index (χ4n) is 3.97. The summed E-state index contributed by atoms with van der Waals surface area (Å²) in [6, 6.07) is 11.4. The highest BCUT2D eigenvalue weighted by Crippen LogP contribution is 2.42. The minimum absolute atomic E-state index is 0.104. The molecule has 1 fully saturated rings. The Morgan fingerprint density at radius 3 is 2.53 bits per heavy atom. The molecule has 4 nitrogen and oxygen atoms in total. The van der Waals surface area contributed by atoms with E-state index in [1.807, 2.05) is 30.3 Å².